The van der Waals surface area contributed by atoms with E-state index in [1.165, 1.54) is 4.90 Å². The molecule has 6 heteroatoms. The quantitative estimate of drug-likeness (QED) is 0.577. The lowest BCUT2D eigenvalue weighted by molar-refractivity contribution is -0.220. The summed E-state index contributed by atoms with van der Waals surface area (Å²) in [6.45, 7) is 0.649. The summed E-state index contributed by atoms with van der Waals surface area (Å²) < 4.78 is 5.08. The molecule has 0 unspecified atom stereocenters. The van der Waals surface area contributed by atoms with Gasteiger partial charge in [-0.2, -0.15) is 0 Å². The minimum Gasteiger partial charge on any atom is -0.359 e. The minimum atomic E-state index is -2.00. The Balaban J connectivity index is 2.09. The molecule has 0 aromatic rings. The van der Waals surface area contributed by atoms with Gasteiger partial charge >= 0.3 is 0 Å². The van der Waals surface area contributed by atoms with Crippen LogP contribution in [0.3, 0.4) is 0 Å². The first-order valence-corrected chi connectivity index (χ1v) is 6.75. The van der Waals surface area contributed by atoms with Crippen LogP contribution in [0.2, 0.25) is 0 Å². The van der Waals surface area contributed by atoms with Crippen molar-refractivity contribution in [1.82, 2.24) is 4.90 Å². The highest BCUT2D eigenvalue weighted by atomic mass is 16.6. The van der Waals surface area contributed by atoms with E-state index in [0.29, 0.717) is 25.7 Å². The van der Waals surface area contributed by atoms with Gasteiger partial charge in [0.25, 0.3) is 11.7 Å². The number of aldehydes is 1. The molecule has 2 heterocycles. The fourth-order valence-electron chi connectivity index (χ4n) is 2.61. The Labute approximate surface area is 111 Å². The van der Waals surface area contributed by atoms with Crippen LogP contribution in [0.4, 0.5) is 0 Å². The number of hydrogen-bond donors (Lipinski definition) is 1. The third kappa shape index (κ3) is 2.84. The lowest BCUT2D eigenvalue weighted by Crippen LogP contribution is -2.55. The Bertz CT molecular complexity index is 375. The number of Topliss-reactive ketones (excluding diaryl/α,β-unsaturated/α-hetero) is 1. The Morgan fingerprint density at radius 1 is 1.26 bits per heavy atom. The molecule has 2 saturated heterocycles. The molecule has 0 aliphatic carbocycles. The van der Waals surface area contributed by atoms with Gasteiger partial charge < -0.3 is 19.5 Å². The summed E-state index contributed by atoms with van der Waals surface area (Å²) in [6, 6.07) is -0.558. The summed E-state index contributed by atoms with van der Waals surface area (Å²) in [6.07, 6.45) is 4.44. The van der Waals surface area contributed by atoms with Crippen LogP contribution in [-0.4, -0.2) is 53.0 Å². The van der Waals surface area contributed by atoms with Gasteiger partial charge in [0, 0.05) is 13.0 Å². The largest absolute Gasteiger partial charge is 0.359 e. The molecule has 0 aromatic carbocycles. The maximum absolute atomic E-state index is 12.1. The van der Waals surface area contributed by atoms with Crippen molar-refractivity contribution in [2.45, 2.75) is 50.4 Å². The zero-order chi connectivity index (χ0) is 13.9. The van der Waals surface area contributed by atoms with E-state index in [0.717, 1.165) is 19.3 Å². The second-order valence-corrected chi connectivity index (χ2v) is 5.12. The van der Waals surface area contributed by atoms with Gasteiger partial charge in [0.2, 0.25) is 5.79 Å². The van der Waals surface area contributed by atoms with E-state index in [1.54, 1.807) is 0 Å². The van der Waals surface area contributed by atoms with Crippen molar-refractivity contribution in [3.8, 4) is 0 Å². The number of carbonyl (C=O) groups is 3. The van der Waals surface area contributed by atoms with E-state index in [-0.39, 0.29) is 13.0 Å². The molecule has 2 rings (SSSR count). The standard InChI is InChI=1S/C13H19NO5/c15-9-10-5-1-3-7-14(10)12(17)11(16)13(18)6-2-4-8-19-13/h9-10,18H,1-8H2/t10-,13+/m0/s1. The molecular weight excluding hydrogens is 250 g/mol. The maximum atomic E-state index is 12.1. The van der Waals surface area contributed by atoms with Crippen LogP contribution in [0.1, 0.15) is 38.5 Å². The number of amides is 1. The van der Waals surface area contributed by atoms with Gasteiger partial charge in [-0.05, 0) is 32.1 Å². The van der Waals surface area contributed by atoms with E-state index < -0.39 is 23.5 Å². The Morgan fingerprint density at radius 2 is 2.05 bits per heavy atom. The first-order valence-electron chi connectivity index (χ1n) is 6.75. The summed E-state index contributed by atoms with van der Waals surface area (Å²) in [5.41, 5.74) is 0. The molecule has 1 N–H and O–H groups in total. The van der Waals surface area contributed by atoms with Crippen molar-refractivity contribution in [1.29, 1.82) is 0 Å². The third-order valence-electron chi connectivity index (χ3n) is 3.77. The molecule has 0 bridgehead atoms. The van der Waals surface area contributed by atoms with Gasteiger partial charge in [-0.15, -0.1) is 0 Å². The van der Waals surface area contributed by atoms with Crippen LogP contribution in [0.5, 0.6) is 0 Å². The lowest BCUT2D eigenvalue weighted by Gasteiger charge is -2.35. The number of piperidine rings is 1. The van der Waals surface area contributed by atoms with Gasteiger partial charge in [-0.1, -0.05) is 0 Å². The maximum Gasteiger partial charge on any atom is 0.296 e. The smallest absolute Gasteiger partial charge is 0.296 e. The summed E-state index contributed by atoms with van der Waals surface area (Å²) in [5.74, 6) is -3.75. The molecule has 2 aliphatic rings. The number of nitrogens with zero attached hydrogens (tertiary/aromatic N) is 1. The number of ketones is 1. The molecular formula is C13H19NO5. The van der Waals surface area contributed by atoms with Gasteiger partial charge in [-0.3, -0.25) is 9.59 Å². The van der Waals surface area contributed by atoms with Crippen molar-refractivity contribution in [2.24, 2.45) is 0 Å². The number of rotatable bonds is 3. The van der Waals surface area contributed by atoms with Crippen LogP contribution < -0.4 is 0 Å². The normalized spacial score (nSPS) is 31.8. The highest BCUT2D eigenvalue weighted by Crippen LogP contribution is 2.25. The van der Waals surface area contributed by atoms with E-state index in [4.69, 9.17) is 4.74 Å². The van der Waals surface area contributed by atoms with E-state index in [1.807, 2.05) is 0 Å². The Morgan fingerprint density at radius 3 is 2.68 bits per heavy atom. The number of hydrogen-bond acceptors (Lipinski definition) is 5. The Hall–Kier alpha value is -1.27. The average Bonchev–Trinajstić information content (AvgIpc) is 2.46. The van der Waals surface area contributed by atoms with E-state index in [9.17, 15) is 19.5 Å². The molecule has 0 saturated carbocycles. The lowest BCUT2D eigenvalue weighted by atomic mass is 9.97. The van der Waals surface area contributed by atoms with Gasteiger partial charge in [0.1, 0.15) is 6.29 Å². The van der Waals surface area contributed by atoms with E-state index >= 15 is 0 Å². The molecule has 2 fully saturated rings. The van der Waals surface area contributed by atoms with E-state index in [2.05, 4.69) is 0 Å². The Kier molecular flexibility index (Phi) is 4.31. The topological polar surface area (TPSA) is 83.9 Å². The monoisotopic (exact) mass is 269 g/mol. The summed E-state index contributed by atoms with van der Waals surface area (Å²) in [4.78, 5) is 36.5. The molecule has 106 valence electrons. The van der Waals surface area contributed by atoms with Crippen LogP contribution in [-0.2, 0) is 19.1 Å². The van der Waals surface area contributed by atoms with Crippen LogP contribution in [0.25, 0.3) is 0 Å². The summed E-state index contributed by atoms with van der Waals surface area (Å²) in [7, 11) is 0. The molecule has 2 aliphatic heterocycles. The predicted molar refractivity (Wildman–Crippen MR) is 65.2 cm³/mol. The first kappa shape index (κ1) is 14.1. The third-order valence-corrected chi connectivity index (χ3v) is 3.77. The first-order chi connectivity index (χ1) is 9.08. The molecule has 0 aromatic heterocycles. The average molecular weight is 269 g/mol. The van der Waals surface area contributed by atoms with Crippen molar-refractivity contribution in [2.75, 3.05) is 13.2 Å². The van der Waals surface area contributed by atoms with Crippen molar-refractivity contribution in [3.05, 3.63) is 0 Å². The van der Waals surface area contributed by atoms with Crippen LogP contribution >= 0.6 is 0 Å². The SMILES string of the molecule is O=C[C@@H]1CCCCN1C(=O)C(=O)[C@@]1(O)CCCCO1. The predicted octanol–water partition coefficient (Wildman–Crippen LogP) is 0.0246. The number of likely N-dealkylation sites (tertiary alicyclic amines) is 1. The van der Waals surface area contributed by atoms with Crippen LogP contribution in [0, 0.1) is 0 Å². The summed E-state index contributed by atoms with van der Waals surface area (Å²) >= 11 is 0. The van der Waals surface area contributed by atoms with Crippen LogP contribution in [0.15, 0.2) is 0 Å². The van der Waals surface area contributed by atoms with Crippen molar-refractivity contribution >= 4 is 18.0 Å². The molecule has 2 atom stereocenters. The van der Waals surface area contributed by atoms with Gasteiger partial charge in [0.15, 0.2) is 0 Å². The minimum absolute atomic E-state index is 0.136. The number of aliphatic hydroxyl groups is 1. The fraction of sp³-hybridized carbons (Fsp3) is 0.769. The highest BCUT2D eigenvalue weighted by molar-refractivity contribution is 6.39. The molecule has 19 heavy (non-hydrogen) atoms. The van der Waals surface area contributed by atoms with Crippen molar-refractivity contribution < 1.29 is 24.2 Å². The van der Waals surface area contributed by atoms with Gasteiger partial charge in [0.05, 0.1) is 12.6 Å². The zero-order valence-corrected chi connectivity index (χ0v) is 10.8. The highest BCUT2D eigenvalue weighted by Gasteiger charge is 2.45. The van der Waals surface area contributed by atoms with Gasteiger partial charge in [-0.25, -0.2) is 0 Å². The molecule has 6 nitrogen and oxygen atoms in total. The number of ether oxygens (including phenoxy) is 1. The molecule has 1 amide bonds. The van der Waals surface area contributed by atoms with Crippen molar-refractivity contribution in [3.63, 3.8) is 0 Å². The number of carbonyl (C=O) groups excluding carboxylic acids is 3. The fourth-order valence-corrected chi connectivity index (χ4v) is 2.61. The second kappa shape index (κ2) is 5.79. The molecule has 0 radical (unpaired) electrons. The summed E-state index contributed by atoms with van der Waals surface area (Å²) in [5, 5.41) is 10.1. The molecule has 0 spiro atoms. The second-order valence-electron chi connectivity index (χ2n) is 5.12. The zero-order valence-electron chi connectivity index (χ0n) is 10.8.